The lowest BCUT2D eigenvalue weighted by Crippen LogP contribution is -2.21. The predicted octanol–water partition coefficient (Wildman–Crippen LogP) is 1.04. The molecule has 58 valence electrons. The highest BCUT2D eigenvalue weighted by Crippen LogP contribution is 1.88. The lowest BCUT2D eigenvalue weighted by atomic mass is 10.2. The molecule has 0 rings (SSSR count). The van der Waals surface area contributed by atoms with Crippen molar-refractivity contribution in [2.45, 2.75) is 20.8 Å². The Morgan fingerprint density at radius 2 is 2.20 bits per heavy atom. The zero-order valence-electron chi connectivity index (χ0n) is 6.76. The van der Waals surface area contributed by atoms with Gasteiger partial charge in [0.05, 0.1) is 0 Å². The normalized spacial score (nSPS) is 13.0. The second-order valence-corrected chi connectivity index (χ2v) is 2.32. The van der Waals surface area contributed by atoms with E-state index >= 15 is 0 Å². The quantitative estimate of drug-likeness (QED) is 0.350. The van der Waals surface area contributed by atoms with Gasteiger partial charge in [0.2, 0.25) is 0 Å². The van der Waals surface area contributed by atoms with Crippen molar-refractivity contribution >= 4 is 5.84 Å². The van der Waals surface area contributed by atoms with E-state index in [1.807, 2.05) is 26.8 Å². The number of rotatable bonds is 3. The zero-order valence-corrected chi connectivity index (χ0v) is 6.76. The molecule has 0 atom stereocenters. The fourth-order valence-corrected chi connectivity index (χ4v) is 0.315. The van der Waals surface area contributed by atoms with E-state index in [2.05, 4.69) is 10.5 Å². The van der Waals surface area contributed by atoms with Gasteiger partial charge in [-0.15, -0.1) is 0 Å². The zero-order chi connectivity index (χ0) is 7.98. The van der Waals surface area contributed by atoms with Gasteiger partial charge in [0, 0.05) is 12.1 Å². The Labute approximate surface area is 62.0 Å². The van der Waals surface area contributed by atoms with Crippen molar-refractivity contribution < 1.29 is 0 Å². The molecule has 0 fully saturated rings. The maximum absolute atomic E-state index is 5.51. The largest absolute Gasteiger partial charge is 0.386 e. The van der Waals surface area contributed by atoms with Crippen LogP contribution in [0.5, 0.6) is 0 Å². The number of nitrogens with two attached hydrogens (primary N) is 1. The maximum Gasteiger partial charge on any atom is 0.122 e. The highest BCUT2D eigenvalue weighted by atomic mass is 15.3. The molecule has 0 aliphatic rings. The number of nitrogens with zero attached hydrogens (tertiary/aromatic N) is 1. The van der Waals surface area contributed by atoms with E-state index in [0.717, 1.165) is 0 Å². The van der Waals surface area contributed by atoms with E-state index < -0.39 is 0 Å². The summed E-state index contributed by atoms with van der Waals surface area (Å²) in [6, 6.07) is 0. The molecule has 0 saturated carbocycles. The number of nitrogens with one attached hydrogen (secondary N) is 1. The van der Waals surface area contributed by atoms with E-state index in [4.69, 9.17) is 5.73 Å². The molecule has 3 N–H and O–H groups in total. The second-order valence-electron chi connectivity index (χ2n) is 2.32. The first kappa shape index (κ1) is 9.01. The van der Waals surface area contributed by atoms with E-state index in [9.17, 15) is 0 Å². The summed E-state index contributed by atoms with van der Waals surface area (Å²) in [5, 5.41) is 3.87. The van der Waals surface area contributed by atoms with Crippen molar-refractivity contribution in [1.29, 1.82) is 0 Å². The van der Waals surface area contributed by atoms with Crippen LogP contribution in [0.4, 0.5) is 0 Å². The van der Waals surface area contributed by atoms with Crippen LogP contribution in [0, 0.1) is 5.92 Å². The third-order valence-electron chi connectivity index (χ3n) is 1.03. The van der Waals surface area contributed by atoms with Crippen LogP contribution < -0.4 is 11.2 Å². The Kier molecular flexibility index (Phi) is 4.37. The molecule has 0 aliphatic carbocycles. The molecular formula is C7H15N3. The standard InChI is InChI=1S/C7H15N3/c1-4-5-9-10-7(8)6(2)3/h4-6,9H,1-3H3,(H2,8,10)/b5-4-. The summed E-state index contributed by atoms with van der Waals surface area (Å²) in [6.07, 6.45) is 3.59. The minimum Gasteiger partial charge on any atom is -0.386 e. The molecule has 3 heteroatoms. The van der Waals surface area contributed by atoms with Crippen molar-refractivity contribution in [1.82, 2.24) is 5.43 Å². The third kappa shape index (κ3) is 3.95. The van der Waals surface area contributed by atoms with Crippen LogP contribution in [0.25, 0.3) is 0 Å². The van der Waals surface area contributed by atoms with Crippen LogP contribution in [0.1, 0.15) is 20.8 Å². The first-order valence-corrected chi connectivity index (χ1v) is 3.38. The summed E-state index contributed by atoms with van der Waals surface area (Å²) in [5.41, 5.74) is 8.21. The molecule has 0 radical (unpaired) electrons. The van der Waals surface area contributed by atoms with Gasteiger partial charge in [-0.2, -0.15) is 5.10 Å². The highest BCUT2D eigenvalue weighted by Gasteiger charge is 1.95. The Balaban J connectivity index is 3.68. The summed E-state index contributed by atoms with van der Waals surface area (Å²) in [5.74, 6) is 0.927. The molecule has 0 aromatic carbocycles. The van der Waals surface area contributed by atoms with Crippen LogP contribution in [0.3, 0.4) is 0 Å². The van der Waals surface area contributed by atoms with E-state index in [0.29, 0.717) is 11.8 Å². The molecule has 0 heterocycles. The van der Waals surface area contributed by atoms with Crippen molar-refractivity contribution in [3.63, 3.8) is 0 Å². The van der Waals surface area contributed by atoms with Gasteiger partial charge in [-0.05, 0) is 6.92 Å². The number of hydrazone groups is 1. The number of allylic oxidation sites excluding steroid dienone is 1. The summed E-state index contributed by atoms with van der Waals surface area (Å²) in [6.45, 7) is 5.90. The van der Waals surface area contributed by atoms with Gasteiger partial charge in [-0.25, -0.2) is 0 Å². The van der Waals surface area contributed by atoms with E-state index in [-0.39, 0.29) is 0 Å². The molecule has 3 nitrogen and oxygen atoms in total. The van der Waals surface area contributed by atoms with Crippen molar-refractivity contribution in [3.8, 4) is 0 Å². The summed E-state index contributed by atoms with van der Waals surface area (Å²) >= 11 is 0. The minimum absolute atomic E-state index is 0.303. The maximum atomic E-state index is 5.51. The van der Waals surface area contributed by atoms with Crippen LogP contribution in [0.15, 0.2) is 17.4 Å². The topological polar surface area (TPSA) is 50.4 Å². The average molecular weight is 141 g/mol. The predicted molar refractivity (Wildman–Crippen MR) is 44.4 cm³/mol. The fourth-order valence-electron chi connectivity index (χ4n) is 0.315. The first-order chi connectivity index (χ1) is 4.68. The van der Waals surface area contributed by atoms with Crippen LogP contribution in [-0.2, 0) is 0 Å². The second kappa shape index (κ2) is 4.85. The number of hydrogen-bond donors (Lipinski definition) is 2. The Bertz CT molecular complexity index is 136. The van der Waals surface area contributed by atoms with Crippen molar-refractivity contribution in [2.24, 2.45) is 16.8 Å². The number of amidine groups is 1. The van der Waals surface area contributed by atoms with Gasteiger partial charge < -0.3 is 5.73 Å². The van der Waals surface area contributed by atoms with E-state index in [1.54, 1.807) is 6.20 Å². The molecular weight excluding hydrogens is 126 g/mol. The lowest BCUT2D eigenvalue weighted by molar-refractivity contribution is 0.835. The summed E-state index contributed by atoms with van der Waals surface area (Å²) < 4.78 is 0. The molecule has 0 aliphatic heterocycles. The Hall–Kier alpha value is -0.990. The smallest absolute Gasteiger partial charge is 0.122 e. The lowest BCUT2D eigenvalue weighted by Gasteiger charge is -2.01. The fraction of sp³-hybridized carbons (Fsp3) is 0.571. The molecule has 10 heavy (non-hydrogen) atoms. The SMILES string of the molecule is C/C=C\N/N=C(\N)C(C)C. The van der Waals surface area contributed by atoms with Crippen molar-refractivity contribution in [3.05, 3.63) is 12.3 Å². The molecule has 0 spiro atoms. The van der Waals surface area contributed by atoms with E-state index in [1.165, 1.54) is 0 Å². The van der Waals surface area contributed by atoms with Gasteiger partial charge in [0.25, 0.3) is 0 Å². The summed E-state index contributed by atoms with van der Waals surface area (Å²) in [7, 11) is 0. The third-order valence-corrected chi connectivity index (χ3v) is 1.03. The molecule has 0 amide bonds. The van der Waals surface area contributed by atoms with Gasteiger partial charge in [0.1, 0.15) is 5.84 Å². The number of hydrogen-bond acceptors (Lipinski definition) is 2. The average Bonchev–Trinajstić information content (AvgIpc) is 1.88. The molecule has 0 aromatic heterocycles. The van der Waals surface area contributed by atoms with Crippen molar-refractivity contribution in [2.75, 3.05) is 0 Å². The Morgan fingerprint density at radius 1 is 1.60 bits per heavy atom. The minimum atomic E-state index is 0.303. The van der Waals surface area contributed by atoms with Crippen LogP contribution >= 0.6 is 0 Å². The Morgan fingerprint density at radius 3 is 2.60 bits per heavy atom. The monoisotopic (exact) mass is 141 g/mol. The molecule has 0 aromatic rings. The van der Waals surface area contributed by atoms with Gasteiger partial charge >= 0.3 is 0 Å². The molecule has 0 bridgehead atoms. The van der Waals surface area contributed by atoms with Crippen LogP contribution in [-0.4, -0.2) is 5.84 Å². The highest BCUT2D eigenvalue weighted by molar-refractivity contribution is 5.81. The van der Waals surface area contributed by atoms with Crippen LogP contribution in [0.2, 0.25) is 0 Å². The molecule has 0 saturated heterocycles. The van der Waals surface area contributed by atoms with Gasteiger partial charge in [-0.3, -0.25) is 5.43 Å². The van der Waals surface area contributed by atoms with Gasteiger partial charge in [0.15, 0.2) is 0 Å². The summed E-state index contributed by atoms with van der Waals surface area (Å²) in [4.78, 5) is 0. The van der Waals surface area contributed by atoms with Gasteiger partial charge in [-0.1, -0.05) is 19.9 Å². The first-order valence-electron chi connectivity index (χ1n) is 3.38. The molecule has 0 unspecified atom stereocenters.